The lowest BCUT2D eigenvalue weighted by atomic mass is 9.94. The summed E-state index contributed by atoms with van der Waals surface area (Å²) in [6.45, 7) is -0.898. The lowest BCUT2D eigenvalue weighted by molar-refractivity contribution is -0.275. The van der Waals surface area contributed by atoms with Gasteiger partial charge in [0.15, 0.2) is 0 Å². The summed E-state index contributed by atoms with van der Waals surface area (Å²) in [6, 6.07) is 15.0. The van der Waals surface area contributed by atoms with Gasteiger partial charge in [-0.3, -0.25) is 0 Å². The first-order valence-corrected chi connectivity index (χ1v) is 5.96. The number of ether oxygens (including phenoxy) is 1. The molecule has 1 unspecified atom stereocenters. The second-order valence-corrected chi connectivity index (χ2v) is 4.33. The van der Waals surface area contributed by atoms with E-state index in [1.54, 1.807) is 24.3 Å². The number of alkyl halides is 3. The Balaban J connectivity index is 2.25. The third kappa shape index (κ3) is 2.93. The molecule has 0 aromatic heterocycles. The Labute approximate surface area is 114 Å². The van der Waals surface area contributed by atoms with Gasteiger partial charge in [-0.2, -0.15) is 13.2 Å². The van der Waals surface area contributed by atoms with Crippen LogP contribution >= 0.6 is 0 Å². The van der Waals surface area contributed by atoms with Crippen LogP contribution in [0.25, 0.3) is 0 Å². The Morgan fingerprint density at radius 3 is 1.85 bits per heavy atom. The molecule has 106 valence electrons. The van der Waals surface area contributed by atoms with E-state index in [1.165, 1.54) is 36.4 Å². The fraction of sp³-hybridized carbons (Fsp3) is 0.200. The third-order valence-electron chi connectivity index (χ3n) is 2.91. The summed E-state index contributed by atoms with van der Waals surface area (Å²) in [6.07, 6.45) is -4.83. The van der Waals surface area contributed by atoms with Crippen molar-refractivity contribution < 1.29 is 23.0 Å². The molecule has 0 saturated heterocycles. The average molecular weight is 282 g/mol. The maximum Gasteiger partial charge on any atom is 0.424 e. The van der Waals surface area contributed by atoms with Gasteiger partial charge >= 0.3 is 6.18 Å². The second kappa shape index (κ2) is 5.54. The van der Waals surface area contributed by atoms with Crippen LogP contribution in [-0.4, -0.2) is 17.9 Å². The fourth-order valence-electron chi connectivity index (χ4n) is 1.75. The van der Waals surface area contributed by atoms with Gasteiger partial charge in [0.05, 0.1) is 0 Å². The highest BCUT2D eigenvalue weighted by Crippen LogP contribution is 2.39. The minimum Gasteiger partial charge on any atom is -0.490 e. The molecule has 2 rings (SSSR count). The van der Waals surface area contributed by atoms with Crippen LogP contribution < -0.4 is 4.74 Å². The van der Waals surface area contributed by atoms with Crippen LogP contribution in [0.1, 0.15) is 5.56 Å². The Morgan fingerprint density at radius 2 is 1.35 bits per heavy atom. The summed E-state index contributed by atoms with van der Waals surface area (Å²) in [4.78, 5) is 0. The van der Waals surface area contributed by atoms with Crippen LogP contribution in [0.3, 0.4) is 0 Å². The van der Waals surface area contributed by atoms with E-state index in [1.807, 2.05) is 0 Å². The number of hydrogen-bond acceptors (Lipinski definition) is 2. The maximum absolute atomic E-state index is 13.2. The van der Waals surface area contributed by atoms with Gasteiger partial charge in [-0.25, -0.2) is 0 Å². The average Bonchev–Trinajstić information content (AvgIpc) is 2.45. The fourth-order valence-corrected chi connectivity index (χ4v) is 1.75. The van der Waals surface area contributed by atoms with Gasteiger partial charge in [0.25, 0.3) is 0 Å². The summed E-state index contributed by atoms with van der Waals surface area (Å²) in [7, 11) is 0. The zero-order chi connectivity index (χ0) is 14.6. The number of para-hydroxylation sites is 1. The van der Waals surface area contributed by atoms with Crippen molar-refractivity contribution in [1.29, 1.82) is 0 Å². The highest BCUT2D eigenvalue weighted by molar-refractivity contribution is 5.26. The van der Waals surface area contributed by atoms with E-state index in [0.29, 0.717) is 0 Å². The van der Waals surface area contributed by atoms with E-state index in [9.17, 15) is 18.3 Å². The number of benzene rings is 2. The monoisotopic (exact) mass is 282 g/mol. The summed E-state index contributed by atoms with van der Waals surface area (Å²) in [5.41, 5.74) is -3.28. The molecule has 0 fully saturated rings. The lowest BCUT2D eigenvalue weighted by Crippen LogP contribution is -2.47. The number of rotatable bonds is 4. The zero-order valence-electron chi connectivity index (χ0n) is 10.5. The van der Waals surface area contributed by atoms with Gasteiger partial charge in [0.2, 0.25) is 5.60 Å². The topological polar surface area (TPSA) is 29.5 Å². The van der Waals surface area contributed by atoms with Gasteiger partial charge in [0, 0.05) is 0 Å². The predicted octanol–water partition coefficient (Wildman–Crippen LogP) is 3.52. The summed E-state index contributed by atoms with van der Waals surface area (Å²) in [5, 5.41) is 10.0. The number of hydrogen-bond donors (Lipinski definition) is 1. The molecule has 1 N–H and O–H groups in total. The number of halogens is 3. The van der Waals surface area contributed by atoms with E-state index >= 15 is 0 Å². The molecule has 0 aliphatic heterocycles. The smallest absolute Gasteiger partial charge is 0.424 e. The van der Waals surface area contributed by atoms with Crippen molar-refractivity contribution in [2.45, 2.75) is 11.8 Å². The number of aliphatic hydroxyl groups is 1. The molecule has 0 aliphatic rings. The summed E-state index contributed by atoms with van der Waals surface area (Å²) < 4.78 is 44.6. The molecule has 0 aliphatic carbocycles. The lowest BCUT2D eigenvalue weighted by Gasteiger charge is -2.30. The van der Waals surface area contributed by atoms with Crippen molar-refractivity contribution in [2.75, 3.05) is 6.61 Å². The first kappa shape index (κ1) is 14.4. The Morgan fingerprint density at radius 1 is 0.850 bits per heavy atom. The predicted molar refractivity (Wildman–Crippen MR) is 68.3 cm³/mol. The van der Waals surface area contributed by atoms with Crippen LogP contribution in [0, 0.1) is 0 Å². The van der Waals surface area contributed by atoms with Gasteiger partial charge in [-0.05, 0) is 17.7 Å². The largest absolute Gasteiger partial charge is 0.490 e. The molecule has 0 spiro atoms. The van der Waals surface area contributed by atoms with E-state index in [0.717, 1.165) is 0 Å². The Bertz CT molecular complexity index is 540. The molecule has 1 atom stereocenters. The van der Waals surface area contributed by atoms with Crippen molar-refractivity contribution in [3.8, 4) is 5.75 Å². The van der Waals surface area contributed by atoms with Gasteiger partial charge in [0.1, 0.15) is 12.4 Å². The highest BCUT2D eigenvalue weighted by Gasteiger charge is 2.55. The minimum absolute atomic E-state index is 0.247. The van der Waals surface area contributed by atoms with Crippen molar-refractivity contribution in [2.24, 2.45) is 0 Å². The highest BCUT2D eigenvalue weighted by atomic mass is 19.4. The van der Waals surface area contributed by atoms with Crippen molar-refractivity contribution in [3.05, 3.63) is 66.2 Å². The first-order valence-electron chi connectivity index (χ1n) is 5.96. The summed E-state index contributed by atoms with van der Waals surface area (Å²) in [5.74, 6) is 0.270. The molecule has 0 saturated carbocycles. The second-order valence-electron chi connectivity index (χ2n) is 4.33. The van der Waals surface area contributed by atoms with Gasteiger partial charge < -0.3 is 9.84 Å². The van der Waals surface area contributed by atoms with Crippen molar-refractivity contribution in [1.82, 2.24) is 0 Å². The van der Waals surface area contributed by atoms with Crippen molar-refractivity contribution in [3.63, 3.8) is 0 Å². The summed E-state index contributed by atoms with van der Waals surface area (Å²) >= 11 is 0. The molecular weight excluding hydrogens is 269 g/mol. The third-order valence-corrected chi connectivity index (χ3v) is 2.91. The first-order chi connectivity index (χ1) is 9.43. The Kier molecular flexibility index (Phi) is 3.99. The molecule has 5 heteroatoms. The Hall–Kier alpha value is -2.01. The standard InChI is InChI=1S/C15H13F3O2/c16-15(17,18)14(19,12-7-3-1-4-8-12)11-20-13-9-5-2-6-10-13/h1-10,19H,11H2. The SMILES string of the molecule is OC(COc1ccccc1)(c1ccccc1)C(F)(F)F. The molecule has 2 aromatic rings. The quantitative estimate of drug-likeness (QED) is 0.929. The molecule has 0 radical (unpaired) electrons. The normalized spacial score (nSPS) is 14.6. The van der Waals surface area contributed by atoms with Crippen LogP contribution in [0.15, 0.2) is 60.7 Å². The van der Waals surface area contributed by atoms with Gasteiger partial charge in [-0.1, -0.05) is 48.5 Å². The van der Waals surface area contributed by atoms with E-state index in [2.05, 4.69) is 0 Å². The van der Waals surface area contributed by atoms with E-state index in [4.69, 9.17) is 4.74 Å². The van der Waals surface area contributed by atoms with E-state index in [-0.39, 0.29) is 11.3 Å². The van der Waals surface area contributed by atoms with E-state index < -0.39 is 18.4 Å². The molecule has 2 nitrogen and oxygen atoms in total. The molecule has 20 heavy (non-hydrogen) atoms. The van der Waals surface area contributed by atoms with Crippen LogP contribution in [0.2, 0.25) is 0 Å². The molecule has 2 aromatic carbocycles. The molecular formula is C15H13F3O2. The molecule has 0 bridgehead atoms. The van der Waals surface area contributed by atoms with Crippen molar-refractivity contribution >= 4 is 0 Å². The van der Waals surface area contributed by atoms with Crippen LogP contribution in [0.4, 0.5) is 13.2 Å². The molecule has 0 amide bonds. The van der Waals surface area contributed by atoms with Gasteiger partial charge in [-0.15, -0.1) is 0 Å². The zero-order valence-corrected chi connectivity index (χ0v) is 10.5. The van der Waals surface area contributed by atoms with Crippen LogP contribution in [-0.2, 0) is 5.60 Å². The maximum atomic E-state index is 13.2. The minimum atomic E-state index is -4.83. The van der Waals surface area contributed by atoms with Crippen LogP contribution in [0.5, 0.6) is 5.75 Å². The molecule has 0 heterocycles.